The number of carbonyl (C=O) groups is 2. The normalized spacial score (nSPS) is 26.3. The van der Waals surface area contributed by atoms with E-state index in [1.54, 1.807) is 36.3 Å². The van der Waals surface area contributed by atoms with Gasteiger partial charge in [-0.2, -0.15) is 0 Å². The van der Waals surface area contributed by atoms with Gasteiger partial charge in [0.05, 0.1) is 18.5 Å². The van der Waals surface area contributed by atoms with Crippen molar-refractivity contribution in [3.05, 3.63) is 65.7 Å². The molecular formula is C19H19N3O3. The molecule has 2 aromatic rings. The Kier molecular flexibility index (Phi) is 3.78. The molecule has 0 aromatic heterocycles. The van der Waals surface area contributed by atoms with Crippen LogP contribution in [0.2, 0.25) is 0 Å². The molecule has 0 aliphatic carbocycles. The molecular weight excluding hydrogens is 318 g/mol. The maximum Gasteiger partial charge on any atom is 0.249 e. The predicted molar refractivity (Wildman–Crippen MR) is 91.0 cm³/mol. The molecule has 0 saturated carbocycles. The minimum Gasteiger partial charge on any atom is -0.508 e. The number of phenols is 1. The summed E-state index contributed by atoms with van der Waals surface area (Å²) < 4.78 is 0. The van der Waals surface area contributed by atoms with E-state index in [-0.39, 0.29) is 23.6 Å². The number of benzene rings is 2. The lowest BCUT2D eigenvalue weighted by Crippen LogP contribution is -2.42. The maximum absolute atomic E-state index is 13.0. The number of hydrogen-bond donors (Lipinski definition) is 2. The number of fused-ring (bicyclic) bond motifs is 1. The van der Waals surface area contributed by atoms with E-state index >= 15 is 0 Å². The lowest BCUT2D eigenvalue weighted by molar-refractivity contribution is -0.142. The Labute approximate surface area is 145 Å². The van der Waals surface area contributed by atoms with Crippen LogP contribution in [0, 0.1) is 5.92 Å². The third kappa shape index (κ3) is 2.59. The summed E-state index contributed by atoms with van der Waals surface area (Å²) in [5.41, 5.74) is 5.03. The summed E-state index contributed by atoms with van der Waals surface area (Å²) in [7, 11) is 1.79. The van der Waals surface area contributed by atoms with Gasteiger partial charge in [0.25, 0.3) is 0 Å². The van der Waals surface area contributed by atoms with Crippen LogP contribution < -0.4 is 5.43 Å². The summed E-state index contributed by atoms with van der Waals surface area (Å²) in [4.78, 5) is 27.2. The average molecular weight is 337 g/mol. The number of likely N-dealkylation sites (N-methyl/N-ethyl adjacent to an activating group) is 1. The Balaban J connectivity index is 1.63. The first kappa shape index (κ1) is 15.8. The first-order chi connectivity index (χ1) is 12.1. The van der Waals surface area contributed by atoms with Crippen LogP contribution in [0.25, 0.3) is 0 Å². The first-order valence-electron chi connectivity index (χ1n) is 8.23. The summed E-state index contributed by atoms with van der Waals surface area (Å²) in [6.45, 7) is 0.293. The number of rotatable bonds is 3. The van der Waals surface area contributed by atoms with E-state index in [1.165, 1.54) is 4.90 Å². The second-order valence-corrected chi connectivity index (χ2v) is 6.53. The molecule has 0 unspecified atom stereocenters. The molecule has 0 spiro atoms. The fraction of sp³-hybridized carbons (Fsp3) is 0.263. The molecule has 2 amide bonds. The largest absolute Gasteiger partial charge is 0.508 e. The number of imide groups is 1. The summed E-state index contributed by atoms with van der Waals surface area (Å²) >= 11 is 0. The van der Waals surface area contributed by atoms with Gasteiger partial charge in [-0.25, -0.2) is 10.4 Å². The highest BCUT2D eigenvalue weighted by Gasteiger charge is 2.57. The van der Waals surface area contributed by atoms with E-state index in [2.05, 4.69) is 5.43 Å². The molecule has 2 saturated heterocycles. The second kappa shape index (κ2) is 5.98. The molecule has 2 aliphatic heterocycles. The van der Waals surface area contributed by atoms with Gasteiger partial charge in [-0.15, -0.1) is 0 Å². The zero-order valence-corrected chi connectivity index (χ0v) is 13.8. The average Bonchev–Trinajstić information content (AvgIpc) is 3.08. The van der Waals surface area contributed by atoms with E-state index in [4.69, 9.17) is 0 Å². The molecule has 2 aromatic carbocycles. The minimum absolute atomic E-state index is 0.159. The zero-order chi connectivity index (χ0) is 17.6. The summed E-state index contributed by atoms with van der Waals surface area (Å²) in [6.07, 6.45) is 0. The molecule has 4 rings (SSSR count). The number of aromatic hydroxyl groups is 1. The SMILES string of the molecule is CN1N[C@H](c2ccc(O)cc2)[C@H]2C(=O)N(Cc3ccccc3)C(=O)[C@@H]21. The van der Waals surface area contributed by atoms with Gasteiger partial charge in [0.1, 0.15) is 11.8 Å². The van der Waals surface area contributed by atoms with Gasteiger partial charge in [0, 0.05) is 7.05 Å². The molecule has 2 fully saturated rings. The summed E-state index contributed by atoms with van der Waals surface area (Å²) in [5, 5.41) is 11.2. The Morgan fingerprint density at radius 1 is 1.00 bits per heavy atom. The fourth-order valence-corrected chi connectivity index (χ4v) is 3.73. The lowest BCUT2D eigenvalue weighted by Gasteiger charge is -2.22. The van der Waals surface area contributed by atoms with Crippen molar-refractivity contribution in [2.75, 3.05) is 7.05 Å². The van der Waals surface area contributed by atoms with Gasteiger partial charge in [0.15, 0.2) is 0 Å². The quantitative estimate of drug-likeness (QED) is 0.829. The monoisotopic (exact) mass is 337 g/mol. The number of phenolic OH excluding ortho intramolecular Hbond substituents is 1. The molecule has 128 valence electrons. The molecule has 25 heavy (non-hydrogen) atoms. The van der Waals surface area contributed by atoms with Crippen LogP contribution in [-0.4, -0.2) is 39.9 Å². The Bertz CT molecular complexity index is 806. The number of nitrogens with zero attached hydrogens (tertiary/aromatic N) is 2. The van der Waals surface area contributed by atoms with Crippen molar-refractivity contribution in [2.45, 2.75) is 18.6 Å². The van der Waals surface area contributed by atoms with E-state index in [1.807, 2.05) is 30.3 Å². The Morgan fingerprint density at radius 2 is 1.68 bits per heavy atom. The Hall–Kier alpha value is -2.70. The molecule has 2 heterocycles. The van der Waals surface area contributed by atoms with Crippen molar-refractivity contribution in [3.8, 4) is 5.75 Å². The van der Waals surface area contributed by atoms with E-state index in [0.29, 0.717) is 6.54 Å². The van der Waals surface area contributed by atoms with Crippen LogP contribution in [0.1, 0.15) is 17.2 Å². The highest BCUT2D eigenvalue weighted by atomic mass is 16.3. The van der Waals surface area contributed by atoms with Gasteiger partial charge in [-0.1, -0.05) is 42.5 Å². The van der Waals surface area contributed by atoms with Crippen molar-refractivity contribution in [1.82, 2.24) is 15.3 Å². The van der Waals surface area contributed by atoms with Crippen LogP contribution in [0.15, 0.2) is 54.6 Å². The van der Waals surface area contributed by atoms with Crippen LogP contribution in [0.4, 0.5) is 0 Å². The minimum atomic E-state index is -0.505. The number of likely N-dealkylation sites (tertiary alicyclic amines) is 1. The predicted octanol–water partition coefficient (Wildman–Crippen LogP) is 1.44. The smallest absolute Gasteiger partial charge is 0.249 e. The van der Waals surface area contributed by atoms with Crippen LogP contribution in [0.5, 0.6) is 5.75 Å². The standard InChI is InChI=1S/C19H19N3O3/c1-21-17-15(16(20-21)13-7-9-14(23)10-8-13)18(24)22(19(17)25)11-12-5-3-2-4-6-12/h2-10,15-17,20,23H,11H2,1H3/t15-,16-,17-/m1/s1. The van der Waals surface area contributed by atoms with Crippen molar-refractivity contribution in [3.63, 3.8) is 0 Å². The number of amides is 2. The highest BCUT2D eigenvalue weighted by molar-refractivity contribution is 6.07. The third-order valence-corrected chi connectivity index (χ3v) is 4.97. The van der Waals surface area contributed by atoms with Gasteiger partial charge < -0.3 is 5.11 Å². The number of carbonyl (C=O) groups excluding carboxylic acids is 2. The van der Waals surface area contributed by atoms with Gasteiger partial charge in [-0.3, -0.25) is 14.5 Å². The first-order valence-corrected chi connectivity index (χ1v) is 8.23. The van der Waals surface area contributed by atoms with Crippen LogP contribution in [0.3, 0.4) is 0 Å². The lowest BCUT2D eigenvalue weighted by atomic mass is 9.91. The molecule has 3 atom stereocenters. The summed E-state index contributed by atoms with van der Waals surface area (Å²) in [6, 6.07) is 15.5. The van der Waals surface area contributed by atoms with Gasteiger partial charge in [-0.05, 0) is 23.3 Å². The van der Waals surface area contributed by atoms with Crippen molar-refractivity contribution in [2.24, 2.45) is 5.92 Å². The van der Waals surface area contributed by atoms with Crippen molar-refractivity contribution < 1.29 is 14.7 Å². The molecule has 2 aliphatic rings. The zero-order valence-electron chi connectivity index (χ0n) is 13.8. The highest BCUT2D eigenvalue weighted by Crippen LogP contribution is 2.40. The maximum atomic E-state index is 13.0. The third-order valence-electron chi connectivity index (χ3n) is 4.97. The van der Waals surface area contributed by atoms with E-state index in [9.17, 15) is 14.7 Å². The molecule has 0 bridgehead atoms. The Morgan fingerprint density at radius 3 is 2.36 bits per heavy atom. The molecule has 6 heteroatoms. The van der Waals surface area contributed by atoms with Gasteiger partial charge in [0.2, 0.25) is 11.8 Å². The van der Waals surface area contributed by atoms with Crippen molar-refractivity contribution >= 4 is 11.8 Å². The van der Waals surface area contributed by atoms with Crippen LogP contribution >= 0.6 is 0 Å². The number of hydrazine groups is 1. The van der Waals surface area contributed by atoms with Crippen LogP contribution in [-0.2, 0) is 16.1 Å². The topological polar surface area (TPSA) is 72.9 Å². The number of hydrogen-bond acceptors (Lipinski definition) is 5. The van der Waals surface area contributed by atoms with Gasteiger partial charge >= 0.3 is 0 Å². The molecule has 0 radical (unpaired) electrons. The van der Waals surface area contributed by atoms with Crippen molar-refractivity contribution in [1.29, 1.82) is 0 Å². The second-order valence-electron chi connectivity index (χ2n) is 6.53. The van der Waals surface area contributed by atoms with E-state index in [0.717, 1.165) is 11.1 Å². The van der Waals surface area contributed by atoms with E-state index < -0.39 is 12.0 Å². The number of nitrogens with one attached hydrogen (secondary N) is 1. The molecule has 6 nitrogen and oxygen atoms in total. The molecule has 2 N–H and O–H groups in total. The fourth-order valence-electron chi connectivity index (χ4n) is 3.73. The summed E-state index contributed by atoms with van der Waals surface area (Å²) in [5.74, 6) is -0.624.